The predicted molar refractivity (Wildman–Crippen MR) is 121 cm³/mol. The van der Waals surface area contributed by atoms with Crippen molar-refractivity contribution >= 4 is 38.3 Å². The maximum absolute atomic E-state index is 13.7. The van der Waals surface area contributed by atoms with Gasteiger partial charge in [0.05, 0.1) is 47.6 Å². The normalized spacial score (nSPS) is 15.6. The van der Waals surface area contributed by atoms with Crippen LogP contribution in [0.3, 0.4) is 0 Å². The van der Waals surface area contributed by atoms with E-state index in [9.17, 15) is 14.9 Å². The number of nitro groups is 1. The van der Waals surface area contributed by atoms with Crippen molar-refractivity contribution in [2.45, 2.75) is 25.9 Å². The molecule has 0 saturated carbocycles. The summed E-state index contributed by atoms with van der Waals surface area (Å²) in [6.45, 7) is 2.95. The molecular formula is C22H23N3O6S. The van der Waals surface area contributed by atoms with Crippen LogP contribution >= 0.6 is 11.3 Å². The molecule has 1 aliphatic rings. The summed E-state index contributed by atoms with van der Waals surface area (Å²) >= 11 is 1.36. The molecule has 1 aromatic heterocycles. The summed E-state index contributed by atoms with van der Waals surface area (Å²) in [6.07, 6.45) is 1.56. The molecular weight excluding hydrogens is 434 g/mol. The van der Waals surface area contributed by atoms with Gasteiger partial charge in [0.15, 0.2) is 16.6 Å². The van der Waals surface area contributed by atoms with Crippen LogP contribution < -0.4 is 14.4 Å². The fraction of sp³-hybridized carbons (Fsp3) is 0.364. The third kappa shape index (κ3) is 4.37. The summed E-state index contributed by atoms with van der Waals surface area (Å²) < 4.78 is 17.5. The number of carbonyl (C=O) groups is 1. The monoisotopic (exact) mass is 457 g/mol. The summed E-state index contributed by atoms with van der Waals surface area (Å²) in [7, 11) is 1.43. The molecule has 4 rings (SSSR count). The Morgan fingerprint density at radius 1 is 1.34 bits per heavy atom. The number of carbonyl (C=O) groups excluding carboxylic acids is 1. The largest absolute Gasteiger partial charge is 0.493 e. The predicted octanol–water partition coefficient (Wildman–Crippen LogP) is 4.44. The van der Waals surface area contributed by atoms with E-state index in [-0.39, 0.29) is 35.4 Å². The molecule has 1 unspecified atom stereocenters. The van der Waals surface area contributed by atoms with Gasteiger partial charge in [0.25, 0.3) is 11.6 Å². The average molecular weight is 458 g/mol. The van der Waals surface area contributed by atoms with Crippen LogP contribution in [0.25, 0.3) is 10.2 Å². The fourth-order valence-electron chi connectivity index (χ4n) is 3.66. The Balaban J connectivity index is 1.80. The molecule has 2 aromatic carbocycles. The number of nitrogens with zero attached hydrogens (tertiary/aromatic N) is 3. The van der Waals surface area contributed by atoms with Gasteiger partial charge in [0, 0.05) is 12.7 Å². The summed E-state index contributed by atoms with van der Waals surface area (Å²) in [4.78, 5) is 31.0. The van der Waals surface area contributed by atoms with Crippen molar-refractivity contribution in [1.82, 2.24) is 4.98 Å². The third-order valence-electron chi connectivity index (χ3n) is 5.18. The Morgan fingerprint density at radius 3 is 2.81 bits per heavy atom. The Kier molecular flexibility index (Phi) is 6.52. The van der Waals surface area contributed by atoms with E-state index in [1.165, 1.54) is 35.5 Å². The molecule has 0 bridgehead atoms. The molecule has 1 amide bonds. The molecule has 1 atom stereocenters. The molecule has 9 nitrogen and oxygen atoms in total. The number of hydrogen-bond donors (Lipinski definition) is 0. The number of amides is 1. The standard InChI is InChI=1S/C22H23N3O6S/c1-3-30-19-12-17(25(27)28)15(11-18(19)29-2)21(26)24(13-14-7-6-10-31-14)22-23-16-8-4-5-9-20(16)32-22/h4-5,8-9,11-12,14H,3,6-7,10,13H2,1-2H3. The van der Waals surface area contributed by atoms with Crippen molar-refractivity contribution in [1.29, 1.82) is 0 Å². The average Bonchev–Trinajstić information content (AvgIpc) is 3.46. The number of benzene rings is 2. The minimum absolute atomic E-state index is 0.0902. The van der Waals surface area contributed by atoms with Gasteiger partial charge >= 0.3 is 0 Å². The summed E-state index contributed by atoms with van der Waals surface area (Å²) in [5, 5.41) is 12.3. The second kappa shape index (κ2) is 9.49. The van der Waals surface area contributed by atoms with E-state index in [0.717, 1.165) is 23.1 Å². The van der Waals surface area contributed by atoms with Gasteiger partial charge in [0.2, 0.25) is 0 Å². The highest BCUT2D eigenvalue weighted by molar-refractivity contribution is 7.22. The summed E-state index contributed by atoms with van der Waals surface area (Å²) in [5.74, 6) is -0.0707. The maximum Gasteiger partial charge on any atom is 0.286 e. The van der Waals surface area contributed by atoms with E-state index in [4.69, 9.17) is 14.2 Å². The Morgan fingerprint density at radius 2 is 2.16 bits per heavy atom. The zero-order valence-corrected chi connectivity index (χ0v) is 18.6. The lowest BCUT2D eigenvalue weighted by Gasteiger charge is -2.23. The number of rotatable bonds is 8. The highest BCUT2D eigenvalue weighted by atomic mass is 32.1. The highest BCUT2D eigenvalue weighted by Crippen LogP contribution is 2.37. The van der Waals surface area contributed by atoms with E-state index in [1.807, 2.05) is 24.3 Å². The van der Waals surface area contributed by atoms with Gasteiger partial charge in [0.1, 0.15) is 5.56 Å². The van der Waals surface area contributed by atoms with Gasteiger partial charge in [-0.15, -0.1) is 0 Å². The highest BCUT2D eigenvalue weighted by Gasteiger charge is 2.32. The molecule has 1 saturated heterocycles. The first kappa shape index (κ1) is 22.0. The van der Waals surface area contributed by atoms with Gasteiger partial charge in [-0.3, -0.25) is 19.8 Å². The second-order valence-electron chi connectivity index (χ2n) is 7.23. The first-order chi connectivity index (χ1) is 15.5. The topological polar surface area (TPSA) is 104 Å². The van der Waals surface area contributed by atoms with Crippen LogP contribution in [0.4, 0.5) is 10.8 Å². The number of ether oxygens (including phenoxy) is 3. The molecule has 2 heterocycles. The SMILES string of the molecule is CCOc1cc([N+](=O)[O-])c(C(=O)N(CC2CCCO2)c2nc3ccccc3s2)cc1OC. The second-order valence-corrected chi connectivity index (χ2v) is 8.23. The lowest BCUT2D eigenvalue weighted by molar-refractivity contribution is -0.385. The minimum atomic E-state index is -0.586. The van der Waals surface area contributed by atoms with Crippen molar-refractivity contribution in [2.24, 2.45) is 0 Å². The molecule has 32 heavy (non-hydrogen) atoms. The Labute approximate surface area is 188 Å². The van der Waals surface area contributed by atoms with Gasteiger partial charge < -0.3 is 14.2 Å². The maximum atomic E-state index is 13.7. The summed E-state index contributed by atoms with van der Waals surface area (Å²) in [5.41, 5.74) is 0.321. The smallest absolute Gasteiger partial charge is 0.286 e. The molecule has 1 aliphatic heterocycles. The number of anilines is 1. The van der Waals surface area contributed by atoms with Crippen molar-refractivity contribution in [3.63, 3.8) is 0 Å². The molecule has 0 N–H and O–H groups in total. The number of aromatic nitrogens is 1. The van der Waals surface area contributed by atoms with Crippen LogP contribution in [0.5, 0.6) is 11.5 Å². The number of fused-ring (bicyclic) bond motifs is 1. The number of hydrogen-bond acceptors (Lipinski definition) is 8. The summed E-state index contributed by atoms with van der Waals surface area (Å²) in [6, 6.07) is 10.2. The van der Waals surface area contributed by atoms with E-state index >= 15 is 0 Å². The van der Waals surface area contributed by atoms with Crippen LogP contribution in [0, 0.1) is 10.1 Å². The molecule has 1 fully saturated rings. The van der Waals surface area contributed by atoms with Gasteiger partial charge in [-0.1, -0.05) is 23.5 Å². The van der Waals surface area contributed by atoms with Gasteiger partial charge in [-0.25, -0.2) is 4.98 Å². The number of nitro benzene ring substituents is 1. The zero-order chi connectivity index (χ0) is 22.7. The first-order valence-electron chi connectivity index (χ1n) is 10.3. The zero-order valence-electron chi connectivity index (χ0n) is 17.8. The first-order valence-corrected chi connectivity index (χ1v) is 11.1. The van der Waals surface area contributed by atoms with Gasteiger partial charge in [-0.05, 0) is 31.9 Å². The molecule has 0 radical (unpaired) electrons. The lowest BCUT2D eigenvalue weighted by atomic mass is 10.1. The van der Waals surface area contributed by atoms with Crippen molar-refractivity contribution in [3.8, 4) is 11.5 Å². The Bertz CT molecular complexity index is 1110. The minimum Gasteiger partial charge on any atom is -0.493 e. The van der Waals surface area contributed by atoms with E-state index in [1.54, 1.807) is 6.92 Å². The quantitative estimate of drug-likeness (QED) is 0.364. The van der Waals surface area contributed by atoms with Crippen LogP contribution in [-0.4, -0.2) is 48.8 Å². The fourth-order valence-corrected chi connectivity index (χ4v) is 4.63. The van der Waals surface area contributed by atoms with Crippen molar-refractivity contribution in [2.75, 3.05) is 31.8 Å². The van der Waals surface area contributed by atoms with E-state index in [2.05, 4.69) is 4.98 Å². The number of thiazole rings is 1. The van der Waals surface area contributed by atoms with Crippen LogP contribution in [0.1, 0.15) is 30.1 Å². The van der Waals surface area contributed by atoms with Crippen LogP contribution in [-0.2, 0) is 4.74 Å². The Hall–Kier alpha value is -3.24. The molecule has 10 heteroatoms. The van der Waals surface area contributed by atoms with Crippen molar-refractivity contribution < 1.29 is 23.9 Å². The third-order valence-corrected chi connectivity index (χ3v) is 6.24. The van der Waals surface area contributed by atoms with Gasteiger partial charge in [-0.2, -0.15) is 0 Å². The molecule has 0 spiro atoms. The number of para-hydroxylation sites is 1. The van der Waals surface area contributed by atoms with Crippen LogP contribution in [0.2, 0.25) is 0 Å². The molecule has 168 valence electrons. The molecule has 3 aromatic rings. The van der Waals surface area contributed by atoms with E-state index in [0.29, 0.717) is 18.3 Å². The van der Waals surface area contributed by atoms with Crippen molar-refractivity contribution in [3.05, 3.63) is 52.1 Å². The van der Waals surface area contributed by atoms with Crippen LogP contribution in [0.15, 0.2) is 36.4 Å². The number of methoxy groups -OCH3 is 1. The van der Waals surface area contributed by atoms with E-state index < -0.39 is 10.8 Å². The molecule has 0 aliphatic carbocycles. The lowest BCUT2D eigenvalue weighted by Crippen LogP contribution is -2.37.